The molecule has 0 fully saturated rings. The van der Waals surface area contributed by atoms with E-state index in [0.29, 0.717) is 6.54 Å². The third-order valence-electron chi connectivity index (χ3n) is 3.19. The number of likely N-dealkylation sites (N-methyl/N-ethyl adjacent to an activating group) is 1. The van der Waals surface area contributed by atoms with E-state index in [1.165, 1.54) is 0 Å². The van der Waals surface area contributed by atoms with Crippen LogP contribution in [0.3, 0.4) is 0 Å². The molecule has 0 atom stereocenters. The van der Waals surface area contributed by atoms with Crippen molar-refractivity contribution in [2.45, 2.75) is 26.6 Å². The van der Waals surface area contributed by atoms with Gasteiger partial charge in [0, 0.05) is 25.2 Å². The normalized spacial score (nSPS) is 12.2. The van der Waals surface area contributed by atoms with Gasteiger partial charge in [0.05, 0.1) is 5.56 Å². The number of rotatable bonds is 7. The average Bonchev–Trinajstić information content (AvgIpc) is 2.39. The van der Waals surface area contributed by atoms with E-state index in [9.17, 15) is 17.6 Å². The number of halogens is 4. The second-order valence-corrected chi connectivity index (χ2v) is 4.51. The zero-order chi connectivity index (χ0) is 15.2. The van der Waals surface area contributed by atoms with Crippen molar-refractivity contribution >= 4 is 0 Å². The second kappa shape index (κ2) is 7.59. The van der Waals surface area contributed by atoms with Crippen LogP contribution in [-0.2, 0) is 12.7 Å². The highest BCUT2D eigenvalue weighted by Gasteiger charge is 2.30. The van der Waals surface area contributed by atoms with E-state index >= 15 is 0 Å². The molecule has 0 spiro atoms. The second-order valence-electron chi connectivity index (χ2n) is 4.51. The number of nitrogens with zero attached hydrogens (tertiary/aromatic N) is 1. The molecule has 0 heterocycles. The molecule has 1 aromatic rings. The molecule has 0 unspecified atom stereocenters. The third-order valence-corrected chi connectivity index (χ3v) is 3.19. The molecule has 0 aromatic heterocycles. The molecule has 1 rings (SSSR count). The molecular formula is C14H20F4N2. The van der Waals surface area contributed by atoms with Gasteiger partial charge in [-0.25, -0.2) is 4.39 Å². The van der Waals surface area contributed by atoms with Crippen LogP contribution in [0.15, 0.2) is 18.2 Å². The quantitative estimate of drug-likeness (QED) is 0.613. The largest absolute Gasteiger partial charge is 0.416 e. The van der Waals surface area contributed by atoms with Crippen LogP contribution in [-0.4, -0.2) is 31.1 Å². The molecule has 0 aliphatic rings. The summed E-state index contributed by atoms with van der Waals surface area (Å²) in [6.07, 6.45) is -4.44. The van der Waals surface area contributed by atoms with Gasteiger partial charge < -0.3 is 10.2 Å². The van der Waals surface area contributed by atoms with Crippen molar-refractivity contribution in [3.05, 3.63) is 35.1 Å². The minimum atomic E-state index is -4.44. The van der Waals surface area contributed by atoms with Gasteiger partial charge in [0.25, 0.3) is 0 Å². The fourth-order valence-corrected chi connectivity index (χ4v) is 1.89. The van der Waals surface area contributed by atoms with E-state index < -0.39 is 17.6 Å². The minimum absolute atomic E-state index is 0.0411. The molecule has 0 amide bonds. The smallest absolute Gasteiger partial charge is 0.311 e. The van der Waals surface area contributed by atoms with E-state index in [1.807, 2.05) is 13.8 Å². The van der Waals surface area contributed by atoms with Crippen LogP contribution in [0.1, 0.15) is 25.0 Å². The summed E-state index contributed by atoms with van der Waals surface area (Å²) >= 11 is 0. The Morgan fingerprint density at radius 1 is 1.15 bits per heavy atom. The van der Waals surface area contributed by atoms with Crippen molar-refractivity contribution in [3.8, 4) is 0 Å². The Morgan fingerprint density at radius 2 is 1.80 bits per heavy atom. The van der Waals surface area contributed by atoms with E-state index in [1.54, 1.807) is 0 Å². The Balaban J connectivity index is 2.55. The first-order valence-corrected chi connectivity index (χ1v) is 6.67. The lowest BCUT2D eigenvalue weighted by molar-refractivity contribution is -0.137. The number of hydrogen-bond acceptors (Lipinski definition) is 2. The highest BCUT2D eigenvalue weighted by Crippen LogP contribution is 2.30. The zero-order valence-corrected chi connectivity index (χ0v) is 11.7. The standard InChI is InChI=1S/C14H20F4N2/c1-3-20(4-2)8-7-19-10-11-9-12(14(16,17)18)5-6-13(11)15/h5-6,9,19H,3-4,7-8,10H2,1-2H3. The highest BCUT2D eigenvalue weighted by molar-refractivity contribution is 5.27. The molecule has 0 bridgehead atoms. The summed E-state index contributed by atoms with van der Waals surface area (Å²) in [5, 5.41) is 2.97. The Kier molecular flexibility index (Phi) is 6.42. The third kappa shape index (κ3) is 5.09. The summed E-state index contributed by atoms with van der Waals surface area (Å²) < 4.78 is 51.1. The molecule has 0 saturated heterocycles. The van der Waals surface area contributed by atoms with Crippen LogP contribution in [0, 0.1) is 5.82 Å². The van der Waals surface area contributed by atoms with E-state index in [4.69, 9.17) is 0 Å². The lowest BCUT2D eigenvalue weighted by Gasteiger charge is -2.18. The van der Waals surface area contributed by atoms with Crippen molar-refractivity contribution < 1.29 is 17.6 Å². The van der Waals surface area contributed by atoms with Gasteiger partial charge in [-0.3, -0.25) is 0 Å². The van der Waals surface area contributed by atoms with E-state index in [0.717, 1.165) is 37.8 Å². The summed E-state index contributed by atoms with van der Waals surface area (Å²) in [5.41, 5.74) is -0.779. The van der Waals surface area contributed by atoms with Gasteiger partial charge in [-0.2, -0.15) is 13.2 Å². The maximum absolute atomic E-state index is 13.5. The first-order chi connectivity index (χ1) is 9.38. The van der Waals surface area contributed by atoms with Crippen molar-refractivity contribution in [3.63, 3.8) is 0 Å². The van der Waals surface area contributed by atoms with Crippen LogP contribution < -0.4 is 5.32 Å². The van der Waals surface area contributed by atoms with Gasteiger partial charge >= 0.3 is 6.18 Å². The Labute approximate surface area is 116 Å². The SMILES string of the molecule is CCN(CC)CCNCc1cc(C(F)(F)F)ccc1F. The molecule has 0 saturated carbocycles. The summed E-state index contributed by atoms with van der Waals surface area (Å²) in [6, 6.07) is 2.48. The van der Waals surface area contributed by atoms with E-state index in [-0.39, 0.29) is 12.1 Å². The van der Waals surface area contributed by atoms with Crippen LogP contribution in [0.5, 0.6) is 0 Å². The summed E-state index contributed by atoms with van der Waals surface area (Å²) in [7, 11) is 0. The van der Waals surface area contributed by atoms with Gasteiger partial charge in [-0.15, -0.1) is 0 Å². The summed E-state index contributed by atoms with van der Waals surface area (Å²) in [5.74, 6) is -0.617. The molecule has 6 heteroatoms. The number of nitrogens with one attached hydrogen (secondary N) is 1. The highest BCUT2D eigenvalue weighted by atomic mass is 19.4. The molecule has 0 radical (unpaired) electrons. The van der Waals surface area contributed by atoms with Gasteiger partial charge in [0.1, 0.15) is 5.82 Å². The van der Waals surface area contributed by atoms with Crippen LogP contribution in [0.25, 0.3) is 0 Å². The molecule has 0 aliphatic carbocycles. The molecule has 114 valence electrons. The summed E-state index contributed by atoms with van der Waals surface area (Å²) in [4.78, 5) is 2.18. The number of hydrogen-bond donors (Lipinski definition) is 1. The number of alkyl halides is 3. The number of benzene rings is 1. The van der Waals surface area contributed by atoms with Crippen LogP contribution in [0.2, 0.25) is 0 Å². The lowest BCUT2D eigenvalue weighted by atomic mass is 10.1. The molecule has 0 aliphatic heterocycles. The molecular weight excluding hydrogens is 272 g/mol. The molecule has 1 aromatic carbocycles. The average molecular weight is 292 g/mol. The first kappa shape index (κ1) is 16.9. The molecule has 1 N–H and O–H groups in total. The van der Waals surface area contributed by atoms with Gasteiger partial charge in [0.2, 0.25) is 0 Å². The molecule has 20 heavy (non-hydrogen) atoms. The van der Waals surface area contributed by atoms with Crippen molar-refractivity contribution in [2.24, 2.45) is 0 Å². The van der Waals surface area contributed by atoms with Crippen molar-refractivity contribution in [1.82, 2.24) is 10.2 Å². The maximum Gasteiger partial charge on any atom is 0.416 e. The van der Waals surface area contributed by atoms with E-state index in [2.05, 4.69) is 10.2 Å². The maximum atomic E-state index is 13.5. The van der Waals surface area contributed by atoms with Crippen LogP contribution in [0.4, 0.5) is 17.6 Å². The Bertz CT molecular complexity index is 414. The fraction of sp³-hybridized carbons (Fsp3) is 0.571. The topological polar surface area (TPSA) is 15.3 Å². The van der Waals surface area contributed by atoms with Crippen molar-refractivity contribution in [2.75, 3.05) is 26.2 Å². The lowest BCUT2D eigenvalue weighted by Crippen LogP contribution is -2.31. The first-order valence-electron chi connectivity index (χ1n) is 6.67. The predicted molar refractivity (Wildman–Crippen MR) is 70.9 cm³/mol. The van der Waals surface area contributed by atoms with Gasteiger partial charge in [0.15, 0.2) is 0 Å². The fourth-order valence-electron chi connectivity index (χ4n) is 1.89. The minimum Gasteiger partial charge on any atom is -0.311 e. The Hall–Kier alpha value is -1.14. The monoisotopic (exact) mass is 292 g/mol. The zero-order valence-electron chi connectivity index (χ0n) is 11.7. The van der Waals surface area contributed by atoms with Crippen molar-refractivity contribution in [1.29, 1.82) is 0 Å². The summed E-state index contributed by atoms with van der Waals surface area (Å²) in [6.45, 7) is 7.39. The van der Waals surface area contributed by atoms with Crippen LogP contribution >= 0.6 is 0 Å². The molecule has 2 nitrogen and oxygen atoms in total. The Morgan fingerprint density at radius 3 is 2.35 bits per heavy atom. The van der Waals surface area contributed by atoms with Gasteiger partial charge in [-0.05, 0) is 31.3 Å². The van der Waals surface area contributed by atoms with Gasteiger partial charge in [-0.1, -0.05) is 13.8 Å². The predicted octanol–water partition coefficient (Wildman–Crippen LogP) is 3.28.